The minimum absolute atomic E-state index is 0.187. The fourth-order valence-corrected chi connectivity index (χ4v) is 4.89. The molecule has 3 aromatic rings. The molecule has 0 aromatic heterocycles. The van der Waals surface area contributed by atoms with Crippen LogP contribution in [0, 0.1) is 7.14 Å². The highest BCUT2D eigenvalue weighted by Gasteiger charge is 2.26. The van der Waals surface area contributed by atoms with Gasteiger partial charge in [-0.1, -0.05) is 39.7 Å². The summed E-state index contributed by atoms with van der Waals surface area (Å²) in [4.78, 5) is 16.9. The predicted molar refractivity (Wildman–Crippen MR) is 154 cm³/mol. The number of cyclic esters (lactones) is 1. The predicted octanol–water partition coefficient (Wildman–Crippen LogP) is 7.63. The molecule has 0 amide bonds. The molecule has 0 atom stereocenters. The van der Waals surface area contributed by atoms with Crippen molar-refractivity contribution >= 4 is 90.7 Å². The van der Waals surface area contributed by atoms with Gasteiger partial charge in [0.25, 0.3) is 0 Å². The van der Waals surface area contributed by atoms with Gasteiger partial charge in [0.15, 0.2) is 17.2 Å². The van der Waals surface area contributed by atoms with E-state index in [0.29, 0.717) is 35.3 Å². The summed E-state index contributed by atoms with van der Waals surface area (Å²) in [5.74, 6) is 0.897. The fraction of sp³-hybridized carbons (Fsp3) is 0.120. The quantitative estimate of drug-likeness (QED) is 0.141. The Morgan fingerprint density at radius 1 is 1.09 bits per heavy atom. The summed E-state index contributed by atoms with van der Waals surface area (Å²) in [6.07, 6.45) is 1.67. The van der Waals surface area contributed by atoms with Crippen molar-refractivity contribution in [2.75, 3.05) is 6.61 Å². The number of halogens is 4. The smallest absolute Gasteiger partial charge is 0.363 e. The minimum atomic E-state index is -0.534. The molecule has 9 heteroatoms. The van der Waals surface area contributed by atoms with Crippen molar-refractivity contribution in [3.8, 4) is 11.5 Å². The third-order valence-corrected chi connectivity index (χ3v) is 7.04. The van der Waals surface area contributed by atoms with Gasteiger partial charge in [0, 0.05) is 8.04 Å². The van der Waals surface area contributed by atoms with E-state index in [9.17, 15) is 4.79 Å². The number of aliphatic imine (C=N–C) groups is 1. The van der Waals surface area contributed by atoms with Gasteiger partial charge >= 0.3 is 5.97 Å². The number of carbonyl (C=O) groups is 1. The number of benzene rings is 3. The lowest BCUT2D eigenvalue weighted by molar-refractivity contribution is -0.129. The van der Waals surface area contributed by atoms with E-state index in [-0.39, 0.29) is 11.6 Å². The average molecular weight is 765 g/mol. The number of carbonyl (C=O) groups excluding carboxylic acids is 1. The average Bonchev–Trinajstić information content (AvgIpc) is 3.16. The monoisotopic (exact) mass is 763 g/mol. The third kappa shape index (κ3) is 6.13. The highest BCUT2D eigenvalue weighted by atomic mass is 127. The van der Waals surface area contributed by atoms with Crippen LogP contribution in [0.1, 0.15) is 23.6 Å². The maximum absolute atomic E-state index is 12.5. The molecule has 0 saturated heterocycles. The molecule has 5 nitrogen and oxygen atoms in total. The zero-order chi connectivity index (χ0) is 24.2. The Bertz CT molecular complexity index is 1310. The van der Waals surface area contributed by atoms with Crippen LogP contribution >= 0.6 is 72.7 Å². The zero-order valence-electron chi connectivity index (χ0n) is 17.8. The highest BCUT2D eigenvalue weighted by molar-refractivity contribution is 14.1. The van der Waals surface area contributed by atoms with E-state index in [2.05, 4.69) is 66.1 Å². The summed E-state index contributed by atoms with van der Waals surface area (Å²) in [6.45, 7) is 2.78. The first-order chi connectivity index (χ1) is 16.3. The number of nitrogens with zero attached hydrogens (tertiary/aromatic N) is 1. The standard InChI is InChI=1S/C25H17BrClI2NO4/c1-2-32-22-11-15(9-20(29)23(22)33-13-14-3-5-16(26)6-4-14)10-21-25(31)34-24(30-21)18-12-17(28)7-8-19(18)27/h3-12H,2,13H2,1H3/b21-10-. The Labute approximate surface area is 237 Å². The molecule has 34 heavy (non-hydrogen) atoms. The lowest BCUT2D eigenvalue weighted by atomic mass is 10.1. The van der Waals surface area contributed by atoms with Crippen LogP contribution in [0.25, 0.3) is 6.08 Å². The molecule has 0 unspecified atom stereocenters. The van der Waals surface area contributed by atoms with Gasteiger partial charge < -0.3 is 14.2 Å². The van der Waals surface area contributed by atoms with Crippen molar-refractivity contribution in [1.82, 2.24) is 0 Å². The third-order valence-electron chi connectivity index (χ3n) is 4.71. The fourth-order valence-electron chi connectivity index (χ4n) is 3.15. The van der Waals surface area contributed by atoms with Crippen LogP contribution in [0.15, 0.2) is 69.8 Å². The molecule has 4 rings (SSSR count). The van der Waals surface area contributed by atoms with Gasteiger partial charge in [-0.15, -0.1) is 0 Å². The normalized spacial score (nSPS) is 14.2. The first kappa shape index (κ1) is 25.5. The lowest BCUT2D eigenvalue weighted by Gasteiger charge is -2.15. The van der Waals surface area contributed by atoms with Crippen molar-refractivity contribution in [2.24, 2.45) is 4.99 Å². The minimum Gasteiger partial charge on any atom is -0.490 e. The van der Waals surface area contributed by atoms with E-state index in [1.54, 1.807) is 12.1 Å². The first-order valence-electron chi connectivity index (χ1n) is 10.2. The molecule has 0 N–H and O–H groups in total. The van der Waals surface area contributed by atoms with Gasteiger partial charge in [-0.3, -0.25) is 0 Å². The van der Waals surface area contributed by atoms with Crippen LogP contribution in [-0.2, 0) is 16.1 Å². The van der Waals surface area contributed by atoms with Crippen LogP contribution in [0.5, 0.6) is 11.5 Å². The van der Waals surface area contributed by atoms with Crippen molar-refractivity contribution in [1.29, 1.82) is 0 Å². The molecule has 0 aliphatic carbocycles. The Hall–Kier alpha value is -1.63. The number of hydrogen-bond acceptors (Lipinski definition) is 5. The molecule has 0 saturated carbocycles. The Balaban J connectivity index is 1.62. The number of esters is 1. The van der Waals surface area contributed by atoms with Gasteiger partial charge in [-0.2, -0.15) is 0 Å². The molecule has 1 heterocycles. The molecule has 0 fully saturated rings. The summed E-state index contributed by atoms with van der Waals surface area (Å²) >= 11 is 14.1. The lowest BCUT2D eigenvalue weighted by Crippen LogP contribution is -2.06. The van der Waals surface area contributed by atoms with Crippen molar-refractivity contribution < 1.29 is 19.0 Å². The largest absolute Gasteiger partial charge is 0.490 e. The second-order valence-electron chi connectivity index (χ2n) is 7.14. The first-order valence-corrected chi connectivity index (χ1v) is 13.5. The van der Waals surface area contributed by atoms with Crippen LogP contribution < -0.4 is 9.47 Å². The summed E-state index contributed by atoms with van der Waals surface area (Å²) in [7, 11) is 0. The SMILES string of the molecule is CCOc1cc(/C=C2\N=C(c3cc(I)ccc3Cl)OC2=O)cc(I)c1OCc1ccc(Br)cc1. The van der Waals surface area contributed by atoms with Crippen LogP contribution in [0.2, 0.25) is 5.02 Å². The summed E-state index contributed by atoms with van der Waals surface area (Å²) in [6, 6.07) is 17.1. The summed E-state index contributed by atoms with van der Waals surface area (Å²) in [5, 5.41) is 0.466. The molecule has 1 aliphatic heterocycles. The van der Waals surface area contributed by atoms with E-state index in [1.807, 2.05) is 55.5 Å². The molecular formula is C25H17BrClI2NO4. The Kier molecular flexibility index (Phi) is 8.54. The van der Waals surface area contributed by atoms with Crippen LogP contribution in [0.3, 0.4) is 0 Å². The van der Waals surface area contributed by atoms with Crippen LogP contribution in [0.4, 0.5) is 0 Å². The van der Waals surface area contributed by atoms with E-state index in [1.165, 1.54) is 0 Å². The number of ether oxygens (including phenoxy) is 3. The van der Waals surface area contributed by atoms with Crippen LogP contribution in [-0.4, -0.2) is 18.5 Å². The van der Waals surface area contributed by atoms with Crippen molar-refractivity contribution in [2.45, 2.75) is 13.5 Å². The topological polar surface area (TPSA) is 57.1 Å². The molecule has 1 aliphatic rings. The molecular weight excluding hydrogens is 747 g/mol. The summed E-state index contributed by atoms with van der Waals surface area (Å²) in [5.41, 5.74) is 2.55. The zero-order valence-corrected chi connectivity index (χ0v) is 24.4. The Morgan fingerprint density at radius 3 is 2.59 bits per heavy atom. The molecule has 3 aromatic carbocycles. The molecule has 174 valence electrons. The maximum atomic E-state index is 12.5. The van der Waals surface area contributed by atoms with Crippen molar-refractivity contribution in [3.63, 3.8) is 0 Å². The van der Waals surface area contributed by atoms with Gasteiger partial charge in [-0.05, 0) is 112 Å². The second kappa shape index (κ2) is 11.4. The Morgan fingerprint density at radius 2 is 1.85 bits per heavy atom. The maximum Gasteiger partial charge on any atom is 0.363 e. The van der Waals surface area contributed by atoms with Gasteiger partial charge in [0.05, 0.1) is 20.8 Å². The summed E-state index contributed by atoms with van der Waals surface area (Å²) < 4.78 is 20.1. The van der Waals surface area contributed by atoms with Gasteiger partial charge in [0.2, 0.25) is 5.90 Å². The van der Waals surface area contributed by atoms with E-state index < -0.39 is 5.97 Å². The van der Waals surface area contributed by atoms with E-state index in [0.717, 1.165) is 22.7 Å². The van der Waals surface area contributed by atoms with E-state index >= 15 is 0 Å². The van der Waals surface area contributed by atoms with Gasteiger partial charge in [0.1, 0.15) is 6.61 Å². The molecule has 0 radical (unpaired) electrons. The highest BCUT2D eigenvalue weighted by Crippen LogP contribution is 2.36. The number of rotatable bonds is 7. The van der Waals surface area contributed by atoms with E-state index in [4.69, 9.17) is 25.8 Å². The second-order valence-corrected chi connectivity index (χ2v) is 10.9. The molecule has 0 spiro atoms. The van der Waals surface area contributed by atoms with Crippen molar-refractivity contribution in [3.05, 3.63) is 93.6 Å². The number of hydrogen-bond donors (Lipinski definition) is 0. The van der Waals surface area contributed by atoms with Gasteiger partial charge in [-0.25, -0.2) is 9.79 Å². The molecule has 0 bridgehead atoms.